The third-order valence-corrected chi connectivity index (χ3v) is 3.21. The second kappa shape index (κ2) is 3.70. The van der Waals surface area contributed by atoms with Gasteiger partial charge in [-0.3, -0.25) is 0 Å². The Kier molecular flexibility index (Phi) is 3.10. The molecule has 0 aliphatic heterocycles. The van der Waals surface area contributed by atoms with E-state index in [4.69, 9.17) is 0 Å². The Balaban J connectivity index is 2.76. The quantitative estimate of drug-likeness (QED) is 0.834. The largest absolute Gasteiger partial charge is 0.387 e. The molecule has 0 bridgehead atoms. The Bertz CT molecular complexity index is 232. The average molecular weight is 235 g/mol. The van der Waals surface area contributed by atoms with Gasteiger partial charge in [0.05, 0.1) is 9.89 Å². The highest BCUT2D eigenvalue weighted by Gasteiger charge is 2.13. The molecule has 0 saturated heterocycles. The molecule has 0 radical (unpaired) electrons. The van der Waals surface area contributed by atoms with Crippen LogP contribution in [0.3, 0.4) is 0 Å². The lowest BCUT2D eigenvalue weighted by Gasteiger charge is -2.11. The summed E-state index contributed by atoms with van der Waals surface area (Å²) < 4.78 is 1.08. The molecule has 0 aliphatic rings. The van der Waals surface area contributed by atoms with E-state index in [-0.39, 0.29) is 6.10 Å². The molecule has 0 saturated carbocycles. The van der Waals surface area contributed by atoms with Crippen molar-refractivity contribution in [1.29, 1.82) is 0 Å². The molecular weight excluding hydrogens is 224 g/mol. The van der Waals surface area contributed by atoms with Gasteiger partial charge in [-0.15, -0.1) is 11.3 Å². The van der Waals surface area contributed by atoms with Crippen LogP contribution in [0.1, 0.15) is 24.8 Å². The van der Waals surface area contributed by atoms with E-state index in [9.17, 15) is 5.11 Å². The molecular formula is C8H11BrOS. The van der Waals surface area contributed by atoms with Crippen LogP contribution < -0.4 is 0 Å². The first-order valence-electron chi connectivity index (χ1n) is 3.54. The number of aliphatic hydroxyl groups is 1. The molecule has 11 heavy (non-hydrogen) atoms. The highest BCUT2D eigenvalue weighted by molar-refractivity contribution is 9.11. The molecule has 1 unspecified atom stereocenters. The maximum atomic E-state index is 9.60. The second-order valence-corrected chi connectivity index (χ2v) is 5.33. The lowest BCUT2D eigenvalue weighted by molar-refractivity contribution is 0.130. The van der Waals surface area contributed by atoms with Gasteiger partial charge in [-0.2, -0.15) is 0 Å². The summed E-state index contributed by atoms with van der Waals surface area (Å²) in [4.78, 5) is 1.03. The molecule has 3 heteroatoms. The van der Waals surface area contributed by atoms with Gasteiger partial charge in [0.1, 0.15) is 0 Å². The number of aliphatic hydroxyl groups excluding tert-OH is 1. The number of hydrogen-bond acceptors (Lipinski definition) is 2. The molecule has 1 atom stereocenters. The fourth-order valence-corrected chi connectivity index (χ4v) is 2.40. The molecule has 1 aromatic rings. The van der Waals surface area contributed by atoms with Crippen molar-refractivity contribution in [2.75, 3.05) is 0 Å². The molecule has 1 rings (SSSR count). The van der Waals surface area contributed by atoms with Crippen molar-refractivity contribution < 1.29 is 5.11 Å². The van der Waals surface area contributed by atoms with Crippen LogP contribution >= 0.6 is 27.3 Å². The van der Waals surface area contributed by atoms with Crippen LogP contribution in [0.4, 0.5) is 0 Å². The average Bonchev–Trinajstić information content (AvgIpc) is 2.34. The summed E-state index contributed by atoms with van der Waals surface area (Å²) in [6.45, 7) is 4.02. The van der Waals surface area contributed by atoms with E-state index in [2.05, 4.69) is 15.9 Å². The standard InChI is InChI=1S/C8H11BrOS/c1-5(2)8(10)6-3-4-7(9)11-6/h3-5,8,10H,1-2H3. The summed E-state index contributed by atoms with van der Waals surface area (Å²) in [5.41, 5.74) is 0. The van der Waals surface area contributed by atoms with Crippen molar-refractivity contribution in [2.24, 2.45) is 5.92 Å². The van der Waals surface area contributed by atoms with Gasteiger partial charge >= 0.3 is 0 Å². The van der Waals surface area contributed by atoms with E-state index < -0.39 is 0 Å². The van der Waals surface area contributed by atoms with E-state index >= 15 is 0 Å². The van der Waals surface area contributed by atoms with Crippen molar-refractivity contribution in [1.82, 2.24) is 0 Å². The SMILES string of the molecule is CC(C)C(O)c1ccc(Br)s1. The first kappa shape index (κ1) is 9.23. The van der Waals surface area contributed by atoms with Crippen LogP contribution in [-0.4, -0.2) is 5.11 Å². The van der Waals surface area contributed by atoms with E-state index in [0.29, 0.717) is 5.92 Å². The van der Waals surface area contributed by atoms with Gasteiger partial charge in [0.15, 0.2) is 0 Å². The van der Waals surface area contributed by atoms with Crippen molar-refractivity contribution in [2.45, 2.75) is 20.0 Å². The zero-order valence-electron chi connectivity index (χ0n) is 6.54. The zero-order chi connectivity index (χ0) is 8.43. The maximum absolute atomic E-state index is 9.60. The number of thiophene rings is 1. The van der Waals surface area contributed by atoms with Crippen LogP contribution in [0.5, 0.6) is 0 Å². The topological polar surface area (TPSA) is 20.2 Å². The Morgan fingerprint density at radius 3 is 2.45 bits per heavy atom. The molecule has 1 aromatic heterocycles. The predicted octanol–water partition coefficient (Wildman–Crippen LogP) is 3.20. The van der Waals surface area contributed by atoms with Crippen LogP contribution in [0, 0.1) is 5.92 Å². The first-order chi connectivity index (χ1) is 5.11. The minimum atomic E-state index is -0.314. The number of halogens is 1. The van der Waals surface area contributed by atoms with Crippen molar-refractivity contribution >= 4 is 27.3 Å². The van der Waals surface area contributed by atoms with E-state index in [1.807, 2.05) is 26.0 Å². The van der Waals surface area contributed by atoms with Crippen LogP contribution in [0.2, 0.25) is 0 Å². The summed E-state index contributed by atoms with van der Waals surface area (Å²) in [5.74, 6) is 0.292. The predicted molar refractivity (Wildman–Crippen MR) is 51.8 cm³/mol. The van der Waals surface area contributed by atoms with Gasteiger partial charge in [-0.25, -0.2) is 0 Å². The lowest BCUT2D eigenvalue weighted by atomic mass is 10.1. The van der Waals surface area contributed by atoms with Crippen molar-refractivity contribution in [3.63, 3.8) is 0 Å². The molecule has 0 spiro atoms. The van der Waals surface area contributed by atoms with Crippen LogP contribution in [0.25, 0.3) is 0 Å². The number of rotatable bonds is 2. The summed E-state index contributed by atoms with van der Waals surface area (Å²) in [6.07, 6.45) is -0.314. The van der Waals surface area contributed by atoms with Crippen LogP contribution in [0.15, 0.2) is 15.9 Å². The first-order valence-corrected chi connectivity index (χ1v) is 5.15. The van der Waals surface area contributed by atoms with Crippen LogP contribution in [-0.2, 0) is 0 Å². The van der Waals surface area contributed by atoms with E-state index in [0.717, 1.165) is 8.66 Å². The zero-order valence-corrected chi connectivity index (χ0v) is 8.95. The fraction of sp³-hybridized carbons (Fsp3) is 0.500. The number of hydrogen-bond donors (Lipinski definition) is 1. The Morgan fingerprint density at radius 1 is 1.45 bits per heavy atom. The van der Waals surface area contributed by atoms with Gasteiger partial charge in [0.2, 0.25) is 0 Å². The molecule has 0 amide bonds. The minimum absolute atomic E-state index is 0.292. The van der Waals surface area contributed by atoms with Gasteiger partial charge < -0.3 is 5.11 Å². The van der Waals surface area contributed by atoms with Gasteiger partial charge in [0, 0.05) is 4.88 Å². The van der Waals surface area contributed by atoms with Gasteiger partial charge in [-0.05, 0) is 34.0 Å². The summed E-state index contributed by atoms with van der Waals surface area (Å²) in [6, 6.07) is 3.92. The summed E-state index contributed by atoms with van der Waals surface area (Å²) in [7, 11) is 0. The third-order valence-electron chi connectivity index (χ3n) is 1.52. The minimum Gasteiger partial charge on any atom is -0.387 e. The fourth-order valence-electron chi connectivity index (χ4n) is 0.816. The molecule has 0 aromatic carbocycles. The normalized spacial score (nSPS) is 13.9. The van der Waals surface area contributed by atoms with Gasteiger partial charge in [0.25, 0.3) is 0 Å². The van der Waals surface area contributed by atoms with Crippen molar-refractivity contribution in [3.8, 4) is 0 Å². The smallest absolute Gasteiger partial charge is 0.0905 e. The molecule has 0 fully saturated rings. The molecule has 62 valence electrons. The summed E-state index contributed by atoms with van der Waals surface area (Å²) >= 11 is 4.95. The Morgan fingerprint density at radius 2 is 2.09 bits per heavy atom. The third kappa shape index (κ3) is 2.29. The van der Waals surface area contributed by atoms with E-state index in [1.165, 1.54) is 0 Å². The lowest BCUT2D eigenvalue weighted by Crippen LogP contribution is -2.02. The monoisotopic (exact) mass is 234 g/mol. The van der Waals surface area contributed by atoms with Gasteiger partial charge in [-0.1, -0.05) is 13.8 Å². The maximum Gasteiger partial charge on any atom is 0.0905 e. The molecule has 1 nitrogen and oxygen atoms in total. The molecule has 0 aliphatic carbocycles. The van der Waals surface area contributed by atoms with E-state index in [1.54, 1.807) is 11.3 Å². The molecule has 1 N–H and O–H groups in total. The Hall–Kier alpha value is 0.140. The highest BCUT2D eigenvalue weighted by Crippen LogP contribution is 2.30. The Labute approximate surface area is 79.2 Å². The second-order valence-electron chi connectivity index (χ2n) is 2.83. The molecule has 1 heterocycles. The van der Waals surface area contributed by atoms with Crippen molar-refractivity contribution in [3.05, 3.63) is 20.8 Å². The highest BCUT2D eigenvalue weighted by atomic mass is 79.9. The summed E-state index contributed by atoms with van der Waals surface area (Å²) in [5, 5.41) is 9.60.